The molecule has 11 heteroatoms. The van der Waals surface area contributed by atoms with Crippen molar-refractivity contribution in [3.63, 3.8) is 0 Å². The zero-order valence-corrected chi connectivity index (χ0v) is 24.1. The van der Waals surface area contributed by atoms with E-state index in [4.69, 9.17) is 37.9 Å². The van der Waals surface area contributed by atoms with Gasteiger partial charge in [0.15, 0.2) is 5.82 Å². The van der Waals surface area contributed by atoms with Gasteiger partial charge in [-0.25, -0.2) is 19.7 Å². The number of carbonyl (C=O) groups excluding carboxylic acids is 1. The van der Waals surface area contributed by atoms with Crippen molar-refractivity contribution in [3.05, 3.63) is 32.7 Å². The lowest BCUT2D eigenvalue weighted by atomic mass is 9.75. The number of aryl methyl sites for hydroxylation is 1. The number of hydrogen-bond donors (Lipinski definition) is 0. The highest BCUT2D eigenvalue weighted by atomic mass is 79.9. The van der Waals surface area contributed by atoms with Crippen molar-refractivity contribution in [2.45, 2.75) is 75.3 Å². The van der Waals surface area contributed by atoms with Crippen molar-refractivity contribution >= 4 is 68.5 Å². The molecule has 1 amide bonds. The summed E-state index contributed by atoms with van der Waals surface area (Å²) in [6.45, 7) is 9.16. The molecule has 1 saturated heterocycles. The number of aliphatic imine (C=N–C) groups is 1. The molecule has 0 radical (unpaired) electrons. The molecule has 1 spiro atoms. The summed E-state index contributed by atoms with van der Waals surface area (Å²) in [5, 5.41) is 1.42. The number of hydrogen-bond acceptors (Lipinski definition) is 7. The van der Waals surface area contributed by atoms with E-state index in [9.17, 15) is 4.79 Å². The van der Waals surface area contributed by atoms with Crippen LogP contribution in [0.2, 0.25) is 10.2 Å². The van der Waals surface area contributed by atoms with Crippen molar-refractivity contribution in [3.8, 4) is 0 Å². The zero-order chi connectivity index (χ0) is 25.4. The molecular weight excluding hydrogens is 573 g/mol. The Kier molecular flexibility index (Phi) is 8.01. The smallest absolute Gasteiger partial charge is 0.434 e. The fourth-order valence-corrected chi connectivity index (χ4v) is 6.54. The molecule has 3 heterocycles. The Morgan fingerprint density at radius 1 is 1.23 bits per heavy atom. The Labute approximate surface area is 228 Å². The first-order chi connectivity index (χ1) is 16.5. The highest BCUT2D eigenvalue weighted by Gasteiger charge is 2.43. The minimum absolute atomic E-state index is 0.0322. The first kappa shape index (κ1) is 26.6. The SMILES string of the molecule is Cc1nc(N2CCC3(CCCC3=NC(=O)OC(C)(C)C)CC2)c(Br)nc1Sc1ccnc(Cl)c1Cl. The summed E-state index contributed by atoms with van der Waals surface area (Å²) in [7, 11) is 0. The summed E-state index contributed by atoms with van der Waals surface area (Å²) in [6.07, 6.45) is 5.94. The third-order valence-corrected chi connectivity index (χ3v) is 8.86. The minimum atomic E-state index is -0.543. The van der Waals surface area contributed by atoms with Crippen LogP contribution in [0.4, 0.5) is 10.6 Å². The van der Waals surface area contributed by atoms with Crippen molar-refractivity contribution < 1.29 is 9.53 Å². The molecule has 2 fully saturated rings. The number of aromatic nitrogens is 3. The minimum Gasteiger partial charge on any atom is -0.442 e. The third kappa shape index (κ3) is 6.12. The van der Waals surface area contributed by atoms with Crippen LogP contribution in [0.3, 0.4) is 0 Å². The van der Waals surface area contributed by atoms with Gasteiger partial charge in [0.2, 0.25) is 0 Å². The first-order valence-corrected chi connectivity index (χ1v) is 13.9. The van der Waals surface area contributed by atoms with Gasteiger partial charge in [-0.3, -0.25) is 0 Å². The van der Waals surface area contributed by atoms with Gasteiger partial charge in [-0.05, 0) is 81.8 Å². The van der Waals surface area contributed by atoms with Crippen molar-refractivity contribution in [2.24, 2.45) is 10.4 Å². The van der Waals surface area contributed by atoms with Gasteiger partial charge in [0.05, 0.1) is 10.7 Å². The average Bonchev–Trinajstić information content (AvgIpc) is 3.14. The van der Waals surface area contributed by atoms with Crippen molar-refractivity contribution in [1.82, 2.24) is 15.0 Å². The van der Waals surface area contributed by atoms with Gasteiger partial charge in [0.1, 0.15) is 20.4 Å². The number of amides is 1. The Bertz CT molecular complexity index is 1160. The summed E-state index contributed by atoms with van der Waals surface area (Å²) in [5.74, 6) is 0.823. The summed E-state index contributed by atoms with van der Waals surface area (Å²) in [6, 6.07) is 1.81. The molecule has 7 nitrogen and oxygen atoms in total. The number of nitrogens with zero attached hydrogens (tertiary/aromatic N) is 5. The normalized spacial score (nSPS) is 18.9. The Hall–Kier alpha value is -1.42. The standard InChI is InChI=1S/C24H28BrCl2N5O2S/c1-14-21(35-15-7-11-28-19(27)17(15)26)31-18(25)20(29-14)32-12-9-24(10-13-32)8-5-6-16(24)30-22(33)34-23(2,3)4/h7,11H,5-6,8-10,12-13H2,1-4H3. The van der Waals surface area contributed by atoms with Crippen LogP contribution in [0.15, 0.2) is 31.8 Å². The molecule has 35 heavy (non-hydrogen) atoms. The molecule has 0 bridgehead atoms. The maximum Gasteiger partial charge on any atom is 0.434 e. The molecule has 188 valence electrons. The monoisotopic (exact) mass is 599 g/mol. The van der Waals surface area contributed by atoms with Gasteiger partial charge in [0, 0.05) is 35.3 Å². The number of anilines is 1. The molecular formula is C24H28BrCl2N5O2S. The molecule has 1 aliphatic carbocycles. The van der Waals surface area contributed by atoms with Crippen LogP contribution in [0.1, 0.15) is 58.6 Å². The number of rotatable bonds is 3. The van der Waals surface area contributed by atoms with Crippen LogP contribution < -0.4 is 4.90 Å². The number of ether oxygens (including phenoxy) is 1. The molecule has 0 aromatic carbocycles. The lowest BCUT2D eigenvalue weighted by Crippen LogP contribution is -2.43. The Morgan fingerprint density at radius 2 is 1.94 bits per heavy atom. The maximum atomic E-state index is 12.3. The van der Waals surface area contributed by atoms with E-state index >= 15 is 0 Å². The summed E-state index contributed by atoms with van der Waals surface area (Å²) in [4.78, 5) is 33.4. The summed E-state index contributed by atoms with van der Waals surface area (Å²) in [5.41, 5.74) is 1.23. The van der Waals surface area contributed by atoms with Gasteiger partial charge >= 0.3 is 6.09 Å². The van der Waals surface area contributed by atoms with Crippen LogP contribution in [0, 0.1) is 12.3 Å². The van der Waals surface area contributed by atoms with Crippen LogP contribution in [-0.2, 0) is 4.74 Å². The predicted octanol–water partition coefficient (Wildman–Crippen LogP) is 7.55. The molecule has 0 unspecified atom stereocenters. The highest BCUT2D eigenvalue weighted by molar-refractivity contribution is 9.10. The third-order valence-electron chi connectivity index (χ3n) is 6.31. The second-order valence-electron chi connectivity index (χ2n) is 9.90. The van der Waals surface area contributed by atoms with Crippen molar-refractivity contribution in [1.29, 1.82) is 0 Å². The van der Waals surface area contributed by atoms with Crippen LogP contribution in [-0.4, -0.2) is 45.4 Å². The van der Waals surface area contributed by atoms with E-state index in [1.54, 1.807) is 6.20 Å². The lowest BCUT2D eigenvalue weighted by Gasteiger charge is -2.40. The van der Waals surface area contributed by atoms with E-state index in [1.807, 2.05) is 33.8 Å². The first-order valence-electron chi connectivity index (χ1n) is 11.6. The van der Waals surface area contributed by atoms with Gasteiger partial charge in [-0.2, -0.15) is 4.99 Å². The van der Waals surface area contributed by atoms with Crippen molar-refractivity contribution in [2.75, 3.05) is 18.0 Å². The lowest BCUT2D eigenvalue weighted by molar-refractivity contribution is 0.0602. The van der Waals surface area contributed by atoms with E-state index in [0.717, 1.165) is 72.3 Å². The number of piperidine rings is 1. The molecule has 2 aliphatic rings. The zero-order valence-electron chi connectivity index (χ0n) is 20.2. The molecule has 1 aliphatic heterocycles. The molecule has 1 saturated carbocycles. The summed E-state index contributed by atoms with van der Waals surface area (Å²) >= 11 is 17.4. The molecule has 2 aromatic heterocycles. The van der Waals surface area contributed by atoms with E-state index in [-0.39, 0.29) is 10.6 Å². The average molecular weight is 601 g/mol. The van der Waals surface area contributed by atoms with E-state index in [2.05, 4.69) is 30.8 Å². The Morgan fingerprint density at radius 3 is 2.63 bits per heavy atom. The fraction of sp³-hybridized carbons (Fsp3) is 0.542. The topological polar surface area (TPSA) is 80.6 Å². The molecule has 4 rings (SSSR count). The molecule has 2 aromatic rings. The van der Waals surface area contributed by atoms with E-state index < -0.39 is 11.7 Å². The fourth-order valence-electron chi connectivity index (χ4n) is 4.61. The van der Waals surface area contributed by atoms with E-state index in [0.29, 0.717) is 9.63 Å². The largest absolute Gasteiger partial charge is 0.442 e. The predicted molar refractivity (Wildman–Crippen MR) is 144 cm³/mol. The quantitative estimate of drug-likeness (QED) is 0.336. The van der Waals surface area contributed by atoms with Crippen LogP contribution in [0.5, 0.6) is 0 Å². The Balaban J connectivity index is 1.48. The molecule has 0 N–H and O–H groups in total. The van der Waals surface area contributed by atoms with Crippen LogP contribution >= 0.6 is 50.9 Å². The van der Waals surface area contributed by atoms with Gasteiger partial charge in [-0.1, -0.05) is 35.0 Å². The second-order valence-corrected chi connectivity index (χ2v) is 12.4. The van der Waals surface area contributed by atoms with E-state index in [1.165, 1.54) is 11.8 Å². The number of carbonyl (C=O) groups is 1. The number of halogens is 3. The van der Waals surface area contributed by atoms with Gasteiger partial charge in [-0.15, -0.1) is 0 Å². The van der Waals surface area contributed by atoms with Crippen LogP contribution in [0.25, 0.3) is 0 Å². The second kappa shape index (κ2) is 10.5. The number of pyridine rings is 1. The maximum absolute atomic E-state index is 12.3. The van der Waals surface area contributed by atoms with Gasteiger partial charge < -0.3 is 9.64 Å². The summed E-state index contributed by atoms with van der Waals surface area (Å²) < 4.78 is 6.13. The highest BCUT2D eigenvalue weighted by Crippen LogP contribution is 2.46. The molecule has 0 atom stereocenters. The van der Waals surface area contributed by atoms with Gasteiger partial charge in [0.25, 0.3) is 0 Å².